The van der Waals surface area contributed by atoms with Gasteiger partial charge in [0.15, 0.2) is 0 Å². The SMILES string of the molecule is CC[C@@H](NC(=O)c1cc(S(=O)(=O)N2CCOCC2)ccc1Cl)c1ccc(OC)c(C)c1. The first-order valence-corrected chi connectivity index (χ1v) is 11.9. The fourth-order valence-corrected chi connectivity index (χ4v) is 5.19. The number of halogens is 1. The number of nitrogens with one attached hydrogen (secondary N) is 1. The van der Waals surface area contributed by atoms with Gasteiger partial charge in [-0.1, -0.05) is 30.7 Å². The van der Waals surface area contributed by atoms with Crippen molar-refractivity contribution >= 4 is 27.5 Å². The summed E-state index contributed by atoms with van der Waals surface area (Å²) in [4.78, 5) is 13.1. The number of rotatable bonds is 7. The summed E-state index contributed by atoms with van der Waals surface area (Å²) in [6.07, 6.45) is 0.654. The van der Waals surface area contributed by atoms with Gasteiger partial charge in [0.05, 0.1) is 41.8 Å². The van der Waals surface area contributed by atoms with Gasteiger partial charge in [0, 0.05) is 13.1 Å². The van der Waals surface area contributed by atoms with E-state index in [1.54, 1.807) is 7.11 Å². The van der Waals surface area contributed by atoms with Crippen LogP contribution in [0.2, 0.25) is 5.02 Å². The van der Waals surface area contributed by atoms with Crippen molar-refractivity contribution < 1.29 is 22.7 Å². The van der Waals surface area contributed by atoms with Gasteiger partial charge < -0.3 is 14.8 Å². The van der Waals surface area contributed by atoms with Gasteiger partial charge in [-0.2, -0.15) is 4.31 Å². The number of methoxy groups -OCH3 is 1. The van der Waals surface area contributed by atoms with Gasteiger partial charge in [0.2, 0.25) is 10.0 Å². The predicted molar refractivity (Wildman–Crippen MR) is 119 cm³/mol. The molecule has 0 unspecified atom stereocenters. The van der Waals surface area contributed by atoms with E-state index in [-0.39, 0.29) is 34.6 Å². The van der Waals surface area contributed by atoms with Crippen molar-refractivity contribution in [3.8, 4) is 5.75 Å². The maximum absolute atomic E-state index is 13.0. The third-order valence-electron chi connectivity index (χ3n) is 5.33. The highest BCUT2D eigenvalue weighted by Crippen LogP contribution is 2.27. The Labute approximate surface area is 188 Å². The van der Waals surface area contributed by atoms with Gasteiger partial charge in [-0.3, -0.25) is 4.79 Å². The molecular weight excluding hydrogens is 440 g/mol. The lowest BCUT2D eigenvalue weighted by atomic mass is 10.0. The minimum absolute atomic E-state index is 0.0392. The number of morpholine rings is 1. The van der Waals surface area contributed by atoms with Crippen molar-refractivity contribution in [2.24, 2.45) is 0 Å². The molecule has 1 atom stereocenters. The lowest BCUT2D eigenvalue weighted by molar-refractivity contribution is 0.0730. The molecule has 1 heterocycles. The van der Waals surface area contributed by atoms with E-state index < -0.39 is 15.9 Å². The quantitative estimate of drug-likeness (QED) is 0.674. The molecule has 0 spiro atoms. The largest absolute Gasteiger partial charge is 0.496 e. The summed E-state index contributed by atoms with van der Waals surface area (Å²) in [6, 6.07) is 9.69. The Hall–Kier alpha value is -2.13. The zero-order valence-corrected chi connectivity index (χ0v) is 19.4. The van der Waals surface area contributed by atoms with Crippen molar-refractivity contribution in [3.63, 3.8) is 0 Å². The molecule has 9 heteroatoms. The molecule has 1 aliphatic heterocycles. The van der Waals surface area contributed by atoms with Gasteiger partial charge in [0.1, 0.15) is 5.75 Å². The van der Waals surface area contributed by atoms with Gasteiger partial charge in [-0.05, 0) is 48.7 Å². The summed E-state index contributed by atoms with van der Waals surface area (Å²) in [6.45, 7) is 5.15. The third kappa shape index (κ3) is 5.20. The number of sulfonamides is 1. The van der Waals surface area contributed by atoms with Gasteiger partial charge in [0.25, 0.3) is 5.91 Å². The van der Waals surface area contributed by atoms with Crippen LogP contribution >= 0.6 is 11.6 Å². The fraction of sp³-hybridized carbons (Fsp3) is 0.409. The predicted octanol–water partition coefficient (Wildman–Crippen LogP) is 3.56. The van der Waals surface area contributed by atoms with E-state index in [0.29, 0.717) is 19.6 Å². The smallest absolute Gasteiger partial charge is 0.253 e. The Morgan fingerprint density at radius 2 is 1.94 bits per heavy atom. The third-order valence-corrected chi connectivity index (χ3v) is 7.55. The molecule has 7 nitrogen and oxygen atoms in total. The summed E-state index contributed by atoms with van der Waals surface area (Å²) in [5.74, 6) is 0.346. The molecular formula is C22H27ClN2O5S. The van der Waals surface area contributed by atoms with Gasteiger partial charge in [-0.15, -0.1) is 0 Å². The summed E-state index contributed by atoms with van der Waals surface area (Å²) >= 11 is 6.26. The minimum Gasteiger partial charge on any atom is -0.496 e. The summed E-state index contributed by atoms with van der Waals surface area (Å²) in [7, 11) is -2.12. The van der Waals surface area contributed by atoms with E-state index in [4.69, 9.17) is 21.1 Å². The second-order valence-electron chi connectivity index (χ2n) is 7.32. The molecule has 2 aromatic rings. The molecule has 1 saturated heterocycles. The fourth-order valence-electron chi connectivity index (χ4n) is 3.55. The van der Waals surface area contributed by atoms with Crippen molar-refractivity contribution in [2.45, 2.75) is 31.2 Å². The molecule has 1 aliphatic rings. The average molecular weight is 467 g/mol. The molecule has 0 bridgehead atoms. The van der Waals surface area contributed by atoms with Crippen molar-refractivity contribution in [2.75, 3.05) is 33.4 Å². The number of amides is 1. The molecule has 0 aromatic heterocycles. The van der Waals surface area contributed by atoms with Crippen LogP contribution in [0.5, 0.6) is 5.75 Å². The van der Waals surface area contributed by atoms with E-state index >= 15 is 0 Å². The van der Waals surface area contributed by atoms with Crippen molar-refractivity contribution in [1.82, 2.24) is 9.62 Å². The standard InChI is InChI=1S/C22H27ClN2O5S/c1-4-20(16-5-8-21(29-3)15(2)13-16)24-22(26)18-14-17(6-7-19(18)23)31(27,28)25-9-11-30-12-10-25/h5-8,13-14,20H,4,9-12H2,1-3H3,(H,24,26)/t20-/m1/s1. The highest BCUT2D eigenvalue weighted by Gasteiger charge is 2.28. The van der Waals surface area contributed by atoms with E-state index in [0.717, 1.165) is 16.9 Å². The maximum Gasteiger partial charge on any atom is 0.253 e. The Balaban J connectivity index is 1.85. The molecule has 168 valence electrons. The van der Waals surface area contributed by atoms with Crippen LogP contribution in [0.15, 0.2) is 41.3 Å². The Kier molecular flexibility index (Phi) is 7.59. The molecule has 31 heavy (non-hydrogen) atoms. The van der Waals surface area contributed by atoms with E-state index in [9.17, 15) is 13.2 Å². The van der Waals surface area contributed by atoms with Crippen LogP contribution in [-0.2, 0) is 14.8 Å². The number of benzene rings is 2. The number of carbonyl (C=O) groups excluding carboxylic acids is 1. The zero-order chi connectivity index (χ0) is 22.6. The van der Waals surface area contributed by atoms with E-state index in [1.807, 2.05) is 32.0 Å². The number of hydrogen-bond acceptors (Lipinski definition) is 5. The normalized spacial score (nSPS) is 16.0. The lowest BCUT2D eigenvalue weighted by Crippen LogP contribution is -2.40. The van der Waals surface area contributed by atoms with Crippen molar-refractivity contribution in [1.29, 1.82) is 0 Å². The number of ether oxygens (including phenoxy) is 2. The highest BCUT2D eigenvalue weighted by molar-refractivity contribution is 7.89. The molecule has 0 radical (unpaired) electrons. The summed E-state index contributed by atoms with van der Waals surface area (Å²) in [5, 5.41) is 3.16. The van der Waals surface area contributed by atoms with Gasteiger partial charge in [-0.25, -0.2) is 8.42 Å². The zero-order valence-electron chi connectivity index (χ0n) is 17.9. The Morgan fingerprint density at radius 3 is 2.55 bits per heavy atom. The highest BCUT2D eigenvalue weighted by atomic mass is 35.5. The monoisotopic (exact) mass is 466 g/mol. The average Bonchev–Trinajstić information content (AvgIpc) is 2.78. The van der Waals surface area contributed by atoms with Crippen LogP contribution in [0, 0.1) is 6.92 Å². The summed E-state index contributed by atoms with van der Waals surface area (Å²) < 4.78 is 37.8. The Morgan fingerprint density at radius 1 is 1.23 bits per heavy atom. The van der Waals surface area contributed by atoms with Crippen LogP contribution in [0.3, 0.4) is 0 Å². The number of hydrogen-bond donors (Lipinski definition) is 1. The van der Waals surface area contributed by atoms with Crippen LogP contribution in [0.1, 0.15) is 40.9 Å². The van der Waals surface area contributed by atoms with Crippen molar-refractivity contribution in [3.05, 3.63) is 58.1 Å². The topological polar surface area (TPSA) is 84.9 Å². The first kappa shape index (κ1) is 23.5. The molecule has 2 aromatic carbocycles. The molecule has 0 aliphatic carbocycles. The molecule has 1 amide bonds. The number of aryl methyl sites for hydroxylation is 1. The summed E-state index contributed by atoms with van der Waals surface area (Å²) in [5.41, 5.74) is 2.02. The number of carbonyl (C=O) groups is 1. The lowest BCUT2D eigenvalue weighted by Gasteiger charge is -2.26. The second kappa shape index (κ2) is 9.99. The maximum atomic E-state index is 13.0. The second-order valence-corrected chi connectivity index (χ2v) is 9.67. The number of nitrogens with zero attached hydrogens (tertiary/aromatic N) is 1. The van der Waals surface area contributed by atoms with Crippen LogP contribution < -0.4 is 10.1 Å². The molecule has 1 N–H and O–H groups in total. The Bertz CT molecular complexity index is 1050. The van der Waals surface area contributed by atoms with E-state index in [2.05, 4.69) is 5.32 Å². The van der Waals surface area contributed by atoms with Crippen LogP contribution in [0.25, 0.3) is 0 Å². The molecule has 3 rings (SSSR count). The molecule has 0 saturated carbocycles. The van der Waals surface area contributed by atoms with Crippen LogP contribution in [0.4, 0.5) is 0 Å². The van der Waals surface area contributed by atoms with E-state index in [1.165, 1.54) is 22.5 Å². The first-order valence-electron chi connectivity index (χ1n) is 10.1. The molecule has 1 fully saturated rings. The van der Waals surface area contributed by atoms with Gasteiger partial charge >= 0.3 is 0 Å². The van der Waals surface area contributed by atoms with Crippen LogP contribution in [-0.4, -0.2) is 52.0 Å². The first-order chi connectivity index (χ1) is 14.8. The minimum atomic E-state index is -3.73.